The van der Waals surface area contributed by atoms with Crippen LogP contribution in [-0.4, -0.2) is 27.8 Å². The number of anilines is 1. The van der Waals surface area contributed by atoms with E-state index in [1.807, 2.05) is 21.7 Å². The third-order valence-electron chi connectivity index (χ3n) is 5.95. The van der Waals surface area contributed by atoms with Gasteiger partial charge in [0, 0.05) is 5.92 Å². The van der Waals surface area contributed by atoms with Crippen LogP contribution >= 0.6 is 0 Å². The Morgan fingerprint density at radius 1 is 1.00 bits per heavy atom. The molecule has 148 valence electrons. The topological polar surface area (TPSA) is 60.2 Å². The molecule has 2 heterocycles. The molecule has 1 fully saturated rings. The van der Waals surface area contributed by atoms with Crippen LogP contribution in [0, 0.1) is 12.8 Å². The molecular formula is C23H24N4O2. The van der Waals surface area contributed by atoms with Gasteiger partial charge in [-0.25, -0.2) is 4.68 Å². The normalized spacial score (nSPS) is 21.0. The molecule has 2 atom stereocenters. The van der Waals surface area contributed by atoms with Crippen molar-refractivity contribution in [3.8, 4) is 5.75 Å². The maximum Gasteiger partial charge on any atom is 0.233 e. The van der Waals surface area contributed by atoms with Gasteiger partial charge in [0.05, 0.1) is 19.2 Å². The maximum atomic E-state index is 13.2. The first-order chi connectivity index (χ1) is 14.2. The summed E-state index contributed by atoms with van der Waals surface area (Å²) in [6.45, 7) is 2.09. The highest BCUT2D eigenvalue weighted by Crippen LogP contribution is 2.44. The lowest BCUT2D eigenvalue weighted by atomic mass is 9.91. The number of amides is 1. The molecule has 5 rings (SSSR count). The van der Waals surface area contributed by atoms with Crippen LogP contribution in [-0.2, 0) is 4.79 Å². The highest BCUT2D eigenvalue weighted by molar-refractivity contribution is 5.96. The number of rotatable bonds is 4. The van der Waals surface area contributed by atoms with Crippen LogP contribution in [0.15, 0.2) is 54.9 Å². The van der Waals surface area contributed by atoms with Crippen molar-refractivity contribution in [1.82, 2.24) is 14.8 Å². The van der Waals surface area contributed by atoms with E-state index in [-0.39, 0.29) is 23.9 Å². The second kappa shape index (κ2) is 7.03. The monoisotopic (exact) mass is 388 g/mol. The summed E-state index contributed by atoms with van der Waals surface area (Å²) in [5.41, 5.74) is 3.49. The quantitative estimate of drug-likeness (QED) is 0.676. The van der Waals surface area contributed by atoms with Gasteiger partial charge in [-0.05, 0) is 49.4 Å². The zero-order valence-electron chi connectivity index (χ0n) is 16.7. The summed E-state index contributed by atoms with van der Waals surface area (Å²) in [5, 5.41) is 4.50. The fourth-order valence-electron chi connectivity index (χ4n) is 4.15. The summed E-state index contributed by atoms with van der Waals surface area (Å²) in [6.07, 6.45) is 4.23. The van der Waals surface area contributed by atoms with Crippen molar-refractivity contribution in [3.05, 3.63) is 71.5 Å². The summed E-state index contributed by atoms with van der Waals surface area (Å²) in [4.78, 5) is 19.6. The minimum atomic E-state index is -0.0861. The van der Waals surface area contributed by atoms with Crippen molar-refractivity contribution < 1.29 is 9.53 Å². The van der Waals surface area contributed by atoms with E-state index in [9.17, 15) is 4.79 Å². The Morgan fingerprint density at radius 2 is 1.66 bits per heavy atom. The molecule has 0 radical (unpaired) electrons. The number of carbonyl (C=O) groups excluding carboxylic acids is 1. The first-order valence-corrected chi connectivity index (χ1v) is 10.1. The molecule has 1 aromatic heterocycles. The van der Waals surface area contributed by atoms with E-state index < -0.39 is 0 Å². The van der Waals surface area contributed by atoms with E-state index in [0.717, 1.165) is 30.6 Å². The average Bonchev–Trinajstić information content (AvgIpc) is 3.50. The van der Waals surface area contributed by atoms with Crippen LogP contribution in [0.25, 0.3) is 0 Å². The van der Waals surface area contributed by atoms with E-state index in [4.69, 9.17) is 4.74 Å². The van der Waals surface area contributed by atoms with Crippen LogP contribution in [0.2, 0.25) is 0 Å². The lowest BCUT2D eigenvalue weighted by Crippen LogP contribution is -2.43. The van der Waals surface area contributed by atoms with Gasteiger partial charge >= 0.3 is 0 Å². The predicted octanol–water partition coefficient (Wildman–Crippen LogP) is 4.07. The molecule has 29 heavy (non-hydrogen) atoms. The largest absolute Gasteiger partial charge is 0.497 e. The molecule has 2 unspecified atom stereocenters. The zero-order valence-corrected chi connectivity index (χ0v) is 16.7. The van der Waals surface area contributed by atoms with Crippen LogP contribution < -0.4 is 9.64 Å². The first kappa shape index (κ1) is 17.9. The smallest absolute Gasteiger partial charge is 0.233 e. The zero-order chi connectivity index (χ0) is 20.0. The number of fused-ring (bicyclic) bond motifs is 1. The Hall–Kier alpha value is -3.15. The predicted molar refractivity (Wildman–Crippen MR) is 110 cm³/mol. The van der Waals surface area contributed by atoms with Crippen molar-refractivity contribution in [2.45, 2.75) is 38.3 Å². The molecule has 0 spiro atoms. The molecule has 2 aliphatic rings. The molecule has 1 saturated carbocycles. The van der Waals surface area contributed by atoms with Gasteiger partial charge in [-0.15, -0.1) is 0 Å². The highest BCUT2D eigenvalue weighted by atomic mass is 16.5. The molecule has 6 nitrogen and oxygen atoms in total. The molecule has 0 N–H and O–H groups in total. The Bertz CT molecular complexity index is 1020. The Labute approximate surface area is 170 Å². The number of nitrogens with zero attached hydrogens (tertiary/aromatic N) is 4. The van der Waals surface area contributed by atoms with Crippen molar-refractivity contribution >= 4 is 11.9 Å². The molecule has 0 saturated heterocycles. The Kier molecular flexibility index (Phi) is 4.34. The second-order valence-corrected chi connectivity index (χ2v) is 7.94. The number of aryl methyl sites for hydroxylation is 1. The maximum absolute atomic E-state index is 13.2. The Morgan fingerprint density at radius 3 is 2.31 bits per heavy atom. The molecule has 6 heteroatoms. The summed E-state index contributed by atoms with van der Waals surface area (Å²) in [7, 11) is 1.66. The molecule has 2 aromatic carbocycles. The van der Waals surface area contributed by atoms with Gasteiger partial charge in [0.1, 0.15) is 12.1 Å². The van der Waals surface area contributed by atoms with Crippen molar-refractivity contribution in [3.63, 3.8) is 0 Å². The molecule has 0 bridgehead atoms. The van der Waals surface area contributed by atoms with Crippen LogP contribution in [0.5, 0.6) is 5.75 Å². The summed E-state index contributed by atoms with van der Waals surface area (Å²) in [6, 6.07) is 16.5. The van der Waals surface area contributed by atoms with Crippen molar-refractivity contribution in [2.24, 2.45) is 5.92 Å². The molecule has 1 amide bonds. The van der Waals surface area contributed by atoms with E-state index in [2.05, 4.69) is 53.4 Å². The van der Waals surface area contributed by atoms with Gasteiger partial charge in [-0.1, -0.05) is 42.0 Å². The van der Waals surface area contributed by atoms with Gasteiger partial charge in [0.25, 0.3) is 0 Å². The summed E-state index contributed by atoms with van der Waals surface area (Å²) in [5.74, 6) is 1.71. The number of hydrogen-bond donors (Lipinski definition) is 0. The third-order valence-corrected chi connectivity index (χ3v) is 5.95. The van der Waals surface area contributed by atoms with Gasteiger partial charge < -0.3 is 4.74 Å². The van der Waals surface area contributed by atoms with E-state index in [0.29, 0.717) is 5.95 Å². The molecule has 1 aliphatic carbocycles. The fourth-order valence-corrected chi connectivity index (χ4v) is 4.15. The fraction of sp³-hybridized carbons (Fsp3) is 0.348. The van der Waals surface area contributed by atoms with E-state index in [1.165, 1.54) is 11.1 Å². The first-order valence-electron chi connectivity index (χ1n) is 10.1. The van der Waals surface area contributed by atoms with Gasteiger partial charge in [0.2, 0.25) is 11.9 Å². The van der Waals surface area contributed by atoms with Crippen LogP contribution in [0.1, 0.15) is 48.0 Å². The number of hydrogen-bond acceptors (Lipinski definition) is 4. The van der Waals surface area contributed by atoms with Crippen LogP contribution in [0.4, 0.5) is 5.95 Å². The van der Waals surface area contributed by atoms with E-state index in [1.54, 1.807) is 13.4 Å². The SMILES string of the molecule is COc1ccc(C2CC(c3ccc(C)cc3)n3ncnc3N2C(=O)C2CC2)cc1. The number of aromatic nitrogens is 3. The lowest BCUT2D eigenvalue weighted by molar-refractivity contribution is -0.120. The second-order valence-electron chi connectivity index (χ2n) is 7.94. The standard InChI is InChI=1S/C23H24N4O2/c1-15-3-5-17(6-4-15)21-13-20(16-9-11-19(29-2)12-10-16)26(22(28)18-7-8-18)23-24-14-25-27(21)23/h3-6,9-12,14,18,20-21H,7-8,13H2,1-2H3. The third kappa shape index (κ3) is 3.18. The van der Waals surface area contributed by atoms with E-state index >= 15 is 0 Å². The Balaban J connectivity index is 1.60. The number of benzene rings is 2. The number of ether oxygens (including phenoxy) is 1. The number of carbonyl (C=O) groups is 1. The average molecular weight is 388 g/mol. The number of methoxy groups -OCH3 is 1. The lowest BCUT2D eigenvalue weighted by Gasteiger charge is -2.39. The van der Waals surface area contributed by atoms with Crippen LogP contribution in [0.3, 0.4) is 0 Å². The van der Waals surface area contributed by atoms with Crippen molar-refractivity contribution in [1.29, 1.82) is 0 Å². The van der Waals surface area contributed by atoms with Gasteiger partial charge in [0.15, 0.2) is 0 Å². The summed E-state index contributed by atoms with van der Waals surface area (Å²) >= 11 is 0. The minimum Gasteiger partial charge on any atom is -0.497 e. The molecular weight excluding hydrogens is 364 g/mol. The molecule has 3 aromatic rings. The highest BCUT2D eigenvalue weighted by Gasteiger charge is 2.44. The van der Waals surface area contributed by atoms with Gasteiger partial charge in [-0.3, -0.25) is 9.69 Å². The molecule has 1 aliphatic heterocycles. The minimum absolute atomic E-state index is 0.0310. The summed E-state index contributed by atoms with van der Waals surface area (Å²) < 4.78 is 7.23. The van der Waals surface area contributed by atoms with Gasteiger partial charge in [-0.2, -0.15) is 10.1 Å². The van der Waals surface area contributed by atoms with Crippen molar-refractivity contribution in [2.75, 3.05) is 12.0 Å².